The Morgan fingerprint density at radius 1 is 1.10 bits per heavy atom. The molecule has 1 saturated heterocycles. The minimum absolute atomic E-state index is 0.0229. The minimum Gasteiger partial charge on any atom is -0.507 e. The summed E-state index contributed by atoms with van der Waals surface area (Å²) in [5.41, 5.74) is 4.33. The third kappa shape index (κ3) is 5.44. The van der Waals surface area contributed by atoms with Gasteiger partial charge in [-0.25, -0.2) is 0 Å². The summed E-state index contributed by atoms with van der Waals surface area (Å²) in [6.07, 6.45) is 0.734. The van der Waals surface area contributed by atoms with E-state index in [2.05, 4.69) is 24.0 Å². The highest BCUT2D eigenvalue weighted by atomic mass is 35.5. The predicted octanol–water partition coefficient (Wildman–Crippen LogP) is 7.56. The predicted molar refractivity (Wildman–Crippen MR) is 166 cm³/mol. The van der Waals surface area contributed by atoms with Crippen molar-refractivity contribution in [3.8, 4) is 5.75 Å². The van der Waals surface area contributed by atoms with Gasteiger partial charge in [-0.1, -0.05) is 84.9 Å². The number of aliphatic hydroxyl groups is 1. The fraction of sp³-hybridized carbons (Fsp3) is 0.250. The molecule has 0 unspecified atom stereocenters. The molecule has 6 rings (SSSR count). The zero-order chi connectivity index (χ0) is 29.5. The lowest BCUT2D eigenvalue weighted by molar-refractivity contribution is -0.132. The first-order valence-corrected chi connectivity index (χ1v) is 15.8. The zero-order valence-corrected chi connectivity index (χ0v) is 25.6. The highest BCUT2D eigenvalue weighted by Crippen LogP contribution is 2.45. The standard InChI is InChI=1S/C32H28ClN3O4S2/c1-17(2)20-6-8-21(9-7-20)27-26(28(37)22-10-13-25-23(15-22)14-18(3)40-25)29(38)30(39)36(27)31-34-35-32(42-31)41-16-19-4-11-24(33)12-5-19/h4-13,15,17-18,27,37H,14,16H2,1-3H3/b28-26+/t18-,27-/m1/s1. The van der Waals surface area contributed by atoms with Crippen LogP contribution >= 0.6 is 34.7 Å². The second-order valence-electron chi connectivity index (χ2n) is 10.7. The maximum Gasteiger partial charge on any atom is 0.301 e. The molecule has 3 aromatic carbocycles. The van der Waals surface area contributed by atoms with Crippen molar-refractivity contribution in [2.24, 2.45) is 0 Å². The number of amides is 1. The third-order valence-corrected chi connectivity index (χ3v) is 9.79. The van der Waals surface area contributed by atoms with E-state index >= 15 is 0 Å². The van der Waals surface area contributed by atoms with Crippen molar-refractivity contribution in [3.05, 3.63) is 105 Å². The Bertz CT molecular complexity index is 1700. The number of halogens is 1. The van der Waals surface area contributed by atoms with Crippen LogP contribution in [0.3, 0.4) is 0 Å². The molecule has 0 bridgehead atoms. The Morgan fingerprint density at radius 2 is 1.83 bits per heavy atom. The van der Waals surface area contributed by atoms with Gasteiger partial charge in [0.25, 0.3) is 5.78 Å². The highest BCUT2D eigenvalue weighted by molar-refractivity contribution is 8.00. The average molecular weight is 618 g/mol. The van der Waals surface area contributed by atoms with E-state index in [1.807, 2.05) is 61.5 Å². The van der Waals surface area contributed by atoms with Gasteiger partial charge >= 0.3 is 5.91 Å². The van der Waals surface area contributed by atoms with Crippen LogP contribution in [0.2, 0.25) is 5.02 Å². The number of carbonyl (C=O) groups is 2. The second kappa shape index (κ2) is 11.6. The molecule has 2 atom stereocenters. The first-order chi connectivity index (χ1) is 20.2. The maximum absolute atomic E-state index is 13.6. The van der Waals surface area contributed by atoms with E-state index in [0.29, 0.717) is 43.7 Å². The molecule has 1 fully saturated rings. The van der Waals surface area contributed by atoms with Crippen molar-refractivity contribution in [2.75, 3.05) is 4.90 Å². The smallest absolute Gasteiger partial charge is 0.301 e. The molecule has 0 spiro atoms. The number of nitrogens with zero attached hydrogens (tertiary/aromatic N) is 3. The maximum atomic E-state index is 13.6. The number of hydrogen-bond acceptors (Lipinski definition) is 8. The number of ketones is 1. The van der Waals surface area contributed by atoms with Crippen molar-refractivity contribution in [1.29, 1.82) is 0 Å². The van der Waals surface area contributed by atoms with Crippen LogP contribution in [-0.4, -0.2) is 33.1 Å². The molecule has 2 aliphatic heterocycles. The number of rotatable bonds is 7. The molecular weight excluding hydrogens is 590 g/mol. The summed E-state index contributed by atoms with van der Waals surface area (Å²) in [6, 6.07) is 19.8. The van der Waals surface area contributed by atoms with Crippen LogP contribution in [0.5, 0.6) is 5.75 Å². The van der Waals surface area contributed by atoms with Gasteiger partial charge in [0.1, 0.15) is 17.6 Å². The number of carbonyl (C=O) groups excluding carboxylic acids is 2. The van der Waals surface area contributed by atoms with Gasteiger partial charge in [-0.2, -0.15) is 0 Å². The van der Waals surface area contributed by atoms with Crippen molar-refractivity contribution in [2.45, 2.75) is 55.3 Å². The number of ether oxygens (including phenoxy) is 1. The Morgan fingerprint density at radius 3 is 2.55 bits per heavy atom. The normalized spacial score (nSPS) is 19.4. The first kappa shape index (κ1) is 28.5. The number of hydrogen-bond donors (Lipinski definition) is 1. The van der Waals surface area contributed by atoms with Crippen molar-refractivity contribution in [3.63, 3.8) is 0 Å². The van der Waals surface area contributed by atoms with Gasteiger partial charge in [-0.3, -0.25) is 14.5 Å². The average Bonchev–Trinajstić information content (AvgIpc) is 3.67. The van der Waals surface area contributed by atoms with Crippen LogP contribution in [0.1, 0.15) is 60.5 Å². The van der Waals surface area contributed by atoms with E-state index in [4.69, 9.17) is 16.3 Å². The number of thioether (sulfide) groups is 1. The van der Waals surface area contributed by atoms with Crippen molar-refractivity contribution in [1.82, 2.24) is 10.2 Å². The molecule has 1 aromatic heterocycles. The summed E-state index contributed by atoms with van der Waals surface area (Å²) < 4.78 is 6.46. The Balaban J connectivity index is 1.39. The van der Waals surface area contributed by atoms with Gasteiger partial charge in [-0.05, 0) is 65.4 Å². The van der Waals surface area contributed by atoms with E-state index in [-0.39, 0.29) is 17.4 Å². The van der Waals surface area contributed by atoms with Gasteiger partial charge < -0.3 is 9.84 Å². The van der Waals surface area contributed by atoms with Crippen molar-refractivity contribution < 1.29 is 19.4 Å². The van der Waals surface area contributed by atoms with E-state index in [9.17, 15) is 14.7 Å². The highest BCUT2D eigenvalue weighted by Gasteiger charge is 2.48. The van der Waals surface area contributed by atoms with Crippen LogP contribution in [0.4, 0.5) is 5.13 Å². The molecule has 1 N–H and O–H groups in total. The molecule has 10 heteroatoms. The van der Waals surface area contributed by atoms with Gasteiger partial charge in [-0.15, -0.1) is 10.2 Å². The summed E-state index contributed by atoms with van der Waals surface area (Å²) in [5, 5.41) is 21.1. The summed E-state index contributed by atoms with van der Waals surface area (Å²) in [7, 11) is 0. The number of benzene rings is 3. The van der Waals surface area contributed by atoms with Crippen LogP contribution < -0.4 is 9.64 Å². The lowest BCUT2D eigenvalue weighted by Crippen LogP contribution is -2.29. The number of aliphatic hydroxyl groups excluding tert-OH is 1. The van der Waals surface area contributed by atoms with Crippen molar-refractivity contribution >= 4 is 57.3 Å². The fourth-order valence-corrected chi connectivity index (χ4v) is 7.17. The minimum atomic E-state index is -0.864. The van der Waals surface area contributed by atoms with Crippen LogP contribution in [0.25, 0.3) is 5.76 Å². The molecule has 4 aromatic rings. The number of aromatic nitrogens is 2. The SMILES string of the molecule is CC(C)c1ccc([C@@H]2/C(=C(\O)c3ccc4c(c3)C[C@@H](C)O4)C(=O)C(=O)N2c2nnc(SCc3ccc(Cl)cc3)s2)cc1. The topological polar surface area (TPSA) is 92.6 Å². The quantitative estimate of drug-likeness (QED) is 0.0752. The van der Waals surface area contributed by atoms with E-state index in [1.165, 1.54) is 28.0 Å². The number of anilines is 1. The second-order valence-corrected chi connectivity index (χ2v) is 13.3. The molecule has 1 amide bonds. The molecule has 3 heterocycles. The molecule has 42 heavy (non-hydrogen) atoms. The zero-order valence-electron chi connectivity index (χ0n) is 23.2. The monoisotopic (exact) mass is 617 g/mol. The Labute approximate surface area is 257 Å². The Kier molecular flexibility index (Phi) is 7.83. The van der Waals surface area contributed by atoms with E-state index in [1.54, 1.807) is 12.1 Å². The van der Waals surface area contributed by atoms with Gasteiger partial charge in [0.05, 0.1) is 11.6 Å². The largest absolute Gasteiger partial charge is 0.507 e. The number of fused-ring (bicyclic) bond motifs is 1. The fourth-order valence-electron chi connectivity index (χ4n) is 5.22. The van der Waals surface area contributed by atoms with Crippen LogP contribution in [0, 0.1) is 0 Å². The van der Waals surface area contributed by atoms with E-state index in [0.717, 1.165) is 22.4 Å². The molecule has 0 aliphatic carbocycles. The summed E-state index contributed by atoms with van der Waals surface area (Å²) in [5.74, 6) is -0.0227. The van der Waals surface area contributed by atoms with Gasteiger partial charge in [0.2, 0.25) is 5.13 Å². The van der Waals surface area contributed by atoms with Crippen LogP contribution in [-0.2, 0) is 21.8 Å². The van der Waals surface area contributed by atoms with Gasteiger partial charge in [0, 0.05) is 22.8 Å². The van der Waals surface area contributed by atoms with Gasteiger partial charge in [0.15, 0.2) is 4.34 Å². The molecule has 0 saturated carbocycles. The lowest BCUT2D eigenvalue weighted by atomic mass is 9.93. The Hall–Kier alpha value is -3.66. The number of Topliss-reactive ketones (excluding diaryl/α,β-unsaturated/α-hetero) is 1. The summed E-state index contributed by atoms with van der Waals surface area (Å²) >= 11 is 8.72. The molecule has 7 nitrogen and oxygen atoms in total. The summed E-state index contributed by atoms with van der Waals surface area (Å²) in [6.45, 7) is 6.18. The molecule has 0 radical (unpaired) electrons. The lowest BCUT2D eigenvalue weighted by Gasteiger charge is -2.23. The first-order valence-electron chi connectivity index (χ1n) is 13.6. The summed E-state index contributed by atoms with van der Waals surface area (Å²) in [4.78, 5) is 28.6. The van der Waals surface area contributed by atoms with Crippen LogP contribution in [0.15, 0.2) is 76.6 Å². The molecular formula is C32H28ClN3O4S2. The van der Waals surface area contributed by atoms with E-state index < -0.39 is 17.7 Å². The molecule has 2 aliphatic rings. The molecule has 214 valence electrons. The third-order valence-electron chi connectivity index (χ3n) is 7.41.